The van der Waals surface area contributed by atoms with Crippen molar-refractivity contribution in [2.75, 3.05) is 26.2 Å². The molecule has 2 heterocycles. The number of ketones is 1. The molecular weight excluding hydrogens is 324 g/mol. The summed E-state index contributed by atoms with van der Waals surface area (Å²) in [6, 6.07) is 1.69. The third kappa shape index (κ3) is 5.05. The summed E-state index contributed by atoms with van der Waals surface area (Å²) in [7, 11) is 0. The molecular formula is C15H23ClN2O3S. The Morgan fingerprint density at radius 3 is 2.64 bits per heavy atom. The Balaban J connectivity index is 0.00000242. The van der Waals surface area contributed by atoms with Crippen LogP contribution in [0.1, 0.15) is 46.2 Å². The van der Waals surface area contributed by atoms with Crippen LogP contribution in [0.2, 0.25) is 0 Å². The van der Waals surface area contributed by atoms with Crippen LogP contribution in [-0.4, -0.2) is 48.9 Å². The lowest BCUT2D eigenvalue weighted by Crippen LogP contribution is -2.40. The monoisotopic (exact) mass is 346 g/mol. The molecule has 1 saturated heterocycles. The van der Waals surface area contributed by atoms with Crippen molar-refractivity contribution in [2.24, 2.45) is 5.73 Å². The molecule has 1 aromatic heterocycles. The Kier molecular flexibility index (Phi) is 8.03. The molecule has 1 aliphatic rings. The number of nitrogens with zero attached hydrogens (tertiary/aromatic N) is 1. The number of hydrogen-bond donors (Lipinski definition) is 1. The van der Waals surface area contributed by atoms with Gasteiger partial charge in [0.15, 0.2) is 5.78 Å². The number of likely N-dealkylation sites (tertiary alicyclic amines) is 1. The highest BCUT2D eigenvalue weighted by Gasteiger charge is 2.25. The first-order valence-electron chi connectivity index (χ1n) is 7.32. The van der Waals surface area contributed by atoms with Crippen molar-refractivity contribution in [2.45, 2.75) is 32.3 Å². The largest absolute Gasteiger partial charge is 0.378 e. The van der Waals surface area contributed by atoms with Gasteiger partial charge in [-0.1, -0.05) is 0 Å². The Morgan fingerprint density at radius 1 is 1.41 bits per heavy atom. The highest BCUT2D eigenvalue weighted by Crippen LogP contribution is 2.21. The van der Waals surface area contributed by atoms with E-state index in [0.29, 0.717) is 36.7 Å². The molecule has 0 aromatic carbocycles. The number of Topliss-reactive ketones (excluding diaryl/α,β-unsaturated/α-hetero) is 1. The molecule has 2 N–H and O–H groups in total. The van der Waals surface area contributed by atoms with Crippen molar-refractivity contribution in [1.29, 1.82) is 0 Å². The molecule has 7 heteroatoms. The van der Waals surface area contributed by atoms with E-state index in [9.17, 15) is 9.59 Å². The van der Waals surface area contributed by atoms with Crippen LogP contribution < -0.4 is 5.73 Å². The van der Waals surface area contributed by atoms with Crippen molar-refractivity contribution >= 4 is 35.4 Å². The topological polar surface area (TPSA) is 72.6 Å². The summed E-state index contributed by atoms with van der Waals surface area (Å²) in [4.78, 5) is 26.1. The van der Waals surface area contributed by atoms with Crippen molar-refractivity contribution in [3.05, 3.63) is 21.9 Å². The standard InChI is InChI=1S/C15H22N2O3S.ClH/c1-11(18)12-9-14(21-10-12)15(19)17-6-3-13(4-7-17)20-8-2-5-16;/h9-10,13H,2-8,16H2,1H3;1H. The first kappa shape index (κ1) is 19.1. The zero-order chi connectivity index (χ0) is 15.2. The van der Waals surface area contributed by atoms with Crippen LogP contribution in [0.15, 0.2) is 11.4 Å². The first-order chi connectivity index (χ1) is 10.1. The molecule has 1 aliphatic heterocycles. The molecule has 124 valence electrons. The molecule has 0 spiro atoms. The molecule has 0 radical (unpaired) electrons. The number of carbonyl (C=O) groups excluding carboxylic acids is 2. The molecule has 1 amide bonds. The highest BCUT2D eigenvalue weighted by atomic mass is 35.5. The lowest BCUT2D eigenvalue weighted by molar-refractivity contribution is 0.00858. The van der Waals surface area contributed by atoms with Gasteiger partial charge in [-0.3, -0.25) is 9.59 Å². The van der Waals surface area contributed by atoms with E-state index in [4.69, 9.17) is 10.5 Å². The van der Waals surface area contributed by atoms with Crippen molar-refractivity contribution in [3.63, 3.8) is 0 Å². The van der Waals surface area contributed by atoms with E-state index < -0.39 is 0 Å². The minimum atomic E-state index is -0.00249. The van der Waals surface area contributed by atoms with E-state index >= 15 is 0 Å². The predicted octanol–water partition coefficient (Wildman–Crippen LogP) is 2.34. The fraction of sp³-hybridized carbons (Fsp3) is 0.600. The average molecular weight is 347 g/mol. The molecule has 2 rings (SSSR count). The number of amides is 1. The number of thiophene rings is 1. The summed E-state index contributed by atoms with van der Waals surface area (Å²) < 4.78 is 5.73. The maximum Gasteiger partial charge on any atom is 0.263 e. The molecule has 0 aliphatic carbocycles. The van der Waals surface area contributed by atoms with Crippen LogP contribution in [0.4, 0.5) is 0 Å². The minimum absolute atomic E-state index is 0. The molecule has 1 fully saturated rings. The maximum absolute atomic E-state index is 12.4. The Hall–Kier alpha value is -0.950. The molecule has 0 atom stereocenters. The fourth-order valence-corrected chi connectivity index (χ4v) is 3.26. The fourth-order valence-electron chi connectivity index (χ4n) is 2.35. The summed E-state index contributed by atoms with van der Waals surface area (Å²) in [5.74, 6) is 0.0187. The lowest BCUT2D eigenvalue weighted by atomic mass is 10.1. The summed E-state index contributed by atoms with van der Waals surface area (Å²) >= 11 is 1.34. The second-order valence-corrected chi connectivity index (χ2v) is 6.17. The summed E-state index contributed by atoms with van der Waals surface area (Å²) in [5, 5.41) is 1.75. The molecule has 1 aromatic rings. The van der Waals surface area contributed by atoms with Crippen LogP contribution in [0.5, 0.6) is 0 Å². The van der Waals surface area contributed by atoms with Crippen LogP contribution in [-0.2, 0) is 4.74 Å². The van der Waals surface area contributed by atoms with Crippen molar-refractivity contribution in [1.82, 2.24) is 4.90 Å². The lowest BCUT2D eigenvalue weighted by Gasteiger charge is -2.31. The van der Waals surface area contributed by atoms with Gasteiger partial charge in [0.05, 0.1) is 11.0 Å². The van der Waals surface area contributed by atoms with Crippen molar-refractivity contribution < 1.29 is 14.3 Å². The number of piperidine rings is 1. The second kappa shape index (κ2) is 9.25. The van der Waals surface area contributed by atoms with Gasteiger partial charge in [-0.05, 0) is 38.8 Å². The van der Waals surface area contributed by atoms with E-state index in [1.165, 1.54) is 18.3 Å². The normalized spacial score (nSPS) is 15.5. The highest BCUT2D eigenvalue weighted by molar-refractivity contribution is 7.12. The van der Waals surface area contributed by atoms with Gasteiger partial charge in [-0.15, -0.1) is 23.7 Å². The van der Waals surface area contributed by atoms with Gasteiger partial charge in [-0.25, -0.2) is 0 Å². The number of ether oxygens (including phenoxy) is 1. The van der Waals surface area contributed by atoms with Crippen molar-refractivity contribution in [3.8, 4) is 0 Å². The van der Waals surface area contributed by atoms with Gasteiger partial charge >= 0.3 is 0 Å². The predicted molar refractivity (Wildman–Crippen MR) is 90.1 cm³/mol. The van der Waals surface area contributed by atoms with Crippen LogP contribution in [0.25, 0.3) is 0 Å². The number of carbonyl (C=O) groups is 2. The van der Waals surface area contributed by atoms with Gasteiger partial charge in [-0.2, -0.15) is 0 Å². The van der Waals surface area contributed by atoms with Gasteiger partial charge in [0.25, 0.3) is 5.91 Å². The van der Waals surface area contributed by atoms with Gasteiger partial charge < -0.3 is 15.4 Å². The quantitative estimate of drug-likeness (QED) is 0.634. The smallest absolute Gasteiger partial charge is 0.263 e. The number of rotatable bonds is 6. The maximum atomic E-state index is 12.4. The van der Waals surface area contributed by atoms with E-state index in [1.54, 1.807) is 11.4 Å². The number of hydrogen-bond acceptors (Lipinski definition) is 5. The zero-order valence-corrected chi connectivity index (χ0v) is 14.4. The summed E-state index contributed by atoms with van der Waals surface area (Å²) in [6.07, 6.45) is 2.83. The first-order valence-corrected chi connectivity index (χ1v) is 8.20. The SMILES string of the molecule is CC(=O)c1csc(C(=O)N2CCC(OCCCN)CC2)c1.Cl. The van der Waals surface area contributed by atoms with Crippen LogP contribution in [0.3, 0.4) is 0 Å². The van der Waals surface area contributed by atoms with Gasteiger partial charge in [0, 0.05) is 30.6 Å². The molecule has 22 heavy (non-hydrogen) atoms. The molecule has 5 nitrogen and oxygen atoms in total. The average Bonchev–Trinajstić information content (AvgIpc) is 2.97. The molecule has 0 saturated carbocycles. The van der Waals surface area contributed by atoms with E-state index in [1.807, 2.05) is 4.90 Å². The summed E-state index contributed by atoms with van der Waals surface area (Å²) in [6.45, 7) is 4.27. The van der Waals surface area contributed by atoms with Crippen LogP contribution in [0, 0.1) is 0 Å². The van der Waals surface area contributed by atoms with Crippen LogP contribution >= 0.6 is 23.7 Å². The Morgan fingerprint density at radius 2 is 2.09 bits per heavy atom. The second-order valence-electron chi connectivity index (χ2n) is 5.26. The van der Waals surface area contributed by atoms with E-state index in [0.717, 1.165) is 19.3 Å². The minimum Gasteiger partial charge on any atom is -0.378 e. The summed E-state index contributed by atoms with van der Waals surface area (Å²) in [5.41, 5.74) is 6.05. The third-order valence-corrected chi connectivity index (χ3v) is 4.57. The third-order valence-electron chi connectivity index (χ3n) is 3.65. The van der Waals surface area contributed by atoms with Gasteiger partial charge in [0.2, 0.25) is 0 Å². The van der Waals surface area contributed by atoms with E-state index in [2.05, 4.69) is 0 Å². The van der Waals surface area contributed by atoms with Gasteiger partial charge in [0.1, 0.15) is 0 Å². The number of halogens is 1. The Labute approximate surface area is 141 Å². The zero-order valence-electron chi connectivity index (χ0n) is 12.7. The number of nitrogens with two attached hydrogens (primary N) is 1. The Bertz CT molecular complexity index is 499. The van der Waals surface area contributed by atoms with E-state index in [-0.39, 0.29) is 30.2 Å². The molecule has 0 unspecified atom stereocenters. The molecule has 0 bridgehead atoms.